The lowest BCUT2D eigenvalue weighted by Gasteiger charge is -2.14. The first kappa shape index (κ1) is 20.5. The average molecular weight is 402 g/mol. The van der Waals surface area contributed by atoms with E-state index in [9.17, 15) is 28.1 Å². The summed E-state index contributed by atoms with van der Waals surface area (Å²) in [7, 11) is 0. The van der Waals surface area contributed by atoms with Crippen LogP contribution in [0.5, 0.6) is 0 Å². The first-order valence-corrected chi connectivity index (χ1v) is 8.73. The number of benzene rings is 1. The largest absolute Gasteiger partial charge is 0.416 e. The second-order valence-corrected chi connectivity index (χ2v) is 6.53. The molecule has 0 aliphatic rings. The summed E-state index contributed by atoms with van der Waals surface area (Å²) in [6.45, 7) is 2.06. The average Bonchev–Trinajstić information content (AvgIpc) is 3.12. The molecule has 3 N–H and O–H groups in total. The second-order valence-electron chi connectivity index (χ2n) is 5.55. The molecular formula is C16H17F3N4O3S. The topological polar surface area (TPSA) is 96.3 Å². The Morgan fingerprint density at radius 2 is 2.04 bits per heavy atom. The fourth-order valence-corrected chi connectivity index (χ4v) is 2.97. The number of hydrogen-bond acceptors (Lipinski definition) is 5. The molecule has 1 aromatic carbocycles. The van der Waals surface area contributed by atoms with Gasteiger partial charge in [-0.15, -0.1) is 11.3 Å². The van der Waals surface area contributed by atoms with Crippen LogP contribution < -0.4 is 16.0 Å². The fourth-order valence-electron chi connectivity index (χ4n) is 2.24. The van der Waals surface area contributed by atoms with Crippen molar-refractivity contribution >= 4 is 28.7 Å². The molecule has 1 heterocycles. The standard InChI is InChI=1S/C16H17F3N4O3S/c1-10(14-3-2-8-27-14)22-15(24)21-7-6-20-12-5-4-11(16(17,18)19)9-13(12)23(25)26/h2-5,8-10,20H,6-7H2,1H3,(H2,21,22,24)/t10-/m1/s1. The van der Waals surface area contributed by atoms with E-state index in [1.807, 2.05) is 24.4 Å². The number of alkyl halides is 3. The highest BCUT2D eigenvalue weighted by Gasteiger charge is 2.33. The van der Waals surface area contributed by atoms with E-state index < -0.39 is 28.4 Å². The number of nitrogens with zero attached hydrogens (tertiary/aromatic N) is 1. The molecule has 1 atom stereocenters. The van der Waals surface area contributed by atoms with Crippen molar-refractivity contribution in [2.24, 2.45) is 0 Å². The third-order valence-corrected chi connectivity index (χ3v) is 4.62. The minimum absolute atomic E-state index is 0.0536. The van der Waals surface area contributed by atoms with E-state index in [1.165, 1.54) is 11.3 Å². The van der Waals surface area contributed by atoms with Crippen LogP contribution in [0.15, 0.2) is 35.7 Å². The predicted molar refractivity (Wildman–Crippen MR) is 95.9 cm³/mol. The van der Waals surface area contributed by atoms with Gasteiger partial charge in [-0.1, -0.05) is 6.07 Å². The molecule has 11 heteroatoms. The van der Waals surface area contributed by atoms with Crippen molar-refractivity contribution in [3.63, 3.8) is 0 Å². The Morgan fingerprint density at radius 3 is 2.63 bits per heavy atom. The SMILES string of the molecule is C[C@@H](NC(=O)NCCNc1ccc(C(F)(F)F)cc1[N+](=O)[O-])c1cccs1. The summed E-state index contributed by atoms with van der Waals surface area (Å²) in [5.74, 6) is 0. The first-order valence-electron chi connectivity index (χ1n) is 7.85. The van der Waals surface area contributed by atoms with Crippen LogP contribution in [-0.4, -0.2) is 24.0 Å². The molecule has 7 nitrogen and oxygen atoms in total. The third kappa shape index (κ3) is 5.84. The summed E-state index contributed by atoms with van der Waals surface area (Å²) in [5.41, 5.74) is -1.83. The van der Waals surface area contributed by atoms with Gasteiger partial charge in [0.05, 0.1) is 16.5 Å². The molecule has 2 rings (SSSR count). The van der Waals surface area contributed by atoms with Gasteiger partial charge in [-0.05, 0) is 30.5 Å². The number of nitro benzene ring substituents is 1. The van der Waals surface area contributed by atoms with Crippen molar-refractivity contribution < 1.29 is 22.9 Å². The van der Waals surface area contributed by atoms with Crippen molar-refractivity contribution in [3.8, 4) is 0 Å². The van der Waals surface area contributed by atoms with E-state index in [2.05, 4.69) is 16.0 Å². The van der Waals surface area contributed by atoms with Gasteiger partial charge in [0.2, 0.25) is 0 Å². The summed E-state index contributed by atoms with van der Waals surface area (Å²) in [6.07, 6.45) is -4.66. The van der Waals surface area contributed by atoms with Crippen molar-refractivity contribution in [1.29, 1.82) is 0 Å². The number of rotatable bonds is 7. The van der Waals surface area contributed by atoms with E-state index in [4.69, 9.17) is 0 Å². The van der Waals surface area contributed by atoms with Crippen LogP contribution in [-0.2, 0) is 6.18 Å². The Kier molecular flexibility index (Phi) is 6.61. The molecule has 0 fully saturated rings. The van der Waals surface area contributed by atoms with Gasteiger partial charge in [0.1, 0.15) is 5.69 Å². The highest BCUT2D eigenvalue weighted by molar-refractivity contribution is 7.10. The van der Waals surface area contributed by atoms with Crippen LogP contribution >= 0.6 is 11.3 Å². The monoisotopic (exact) mass is 402 g/mol. The minimum atomic E-state index is -4.66. The van der Waals surface area contributed by atoms with E-state index in [-0.39, 0.29) is 24.8 Å². The molecule has 146 valence electrons. The lowest BCUT2D eigenvalue weighted by molar-refractivity contribution is -0.384. The van der Waals surface area contributed by atoms with E-state index in [0.29, 0.717) is 6.07 Å². The van der Waals surface area contributed by atoms with E-state index in [1.54, 1.807) is 0 Å². The fraction of sp³-hybridized carbons (Fsp3) is 0.312. The number of anilines is 1. The van der Waals surface area contributed by atoms with Gasteiger partial charge in [0.15, 0.2) is 0 Å². The zero-order valence-corrected chi connectivity index (χ0v) is 15.0. The van der Waals surface area contributed by atoms with Gasteiger partial charge in [0, 0.05) is 24.0 Å². The van der Waals surface area contributed by atoms with Gasteiger partial charge in [0.25, 0.3) is 5.69 Å². The summed E-state index contributed by atoms with van der Waals surface area (Å²) in [4.78, 5) is 22.9. The number of amides is 2. The predicted octanol–water partition coefficient (Wildman–Crippen LogP) is 4.15. The lowest BCUT2D eigenvalue weighted by atomic mass is 10.1. The number of halogens is 3. The van der Waals surface area contributed by atoms with Crippen LogP contribution in [0, 0.1) is 10.1 Å². The maximum atomic E-state index is 12.7. The molecule has 1 aromatic heterocycles. The van der Waals surface area contributed by atoms with Gasteiger partial charge in [-0.25, -0.2) is 4.79 Å². The van der Waals surface area contributed by atoms with Crippen LogP contribution in [0.3, 0.4) is 0 Å². The van der Waals surface area contributed by atoms with Crippen LogP contribution in [0.1, 0.15) is 23.4 Å². The van der Waals surface area contributed by atoms with Gasteiger partial charge in [-0.2, -0.15) is 13.2 Å². The Labute approximate surface area is 156 Å². The van der Waals surface area contributed by atoms with Crippen LogP contribution in [0.25, 0.3) is 0 Å². The minimum Gasteiger partial charge on any atom is -0.378 e. The highest BCUT2D eigenvalue weighted by Crippen LogP contribution is 2.34. The molecule has 0 spiro atoms. The quantitative estimate of drug-likeness (QED) is 0.368. The summed E-state index contributed by atoms with van der Waals surface area (Å²) >= 11 is 1.51. The zero-order valence-electron chi connectivity index (χ0n) is 14.2. The molecule has 2 aromatic rings. The number of hydrogen-bond donors (Lipinski definition) is 3. The molecule has 0 bridgehead atoms. The molecule has 0 unspecified atom stereocenters. The number of nitrogens with one attached hydrogen (secondary N) is 3. The third-order valence-electron chi connectivity index (χ3n) is 3.57. The number of carbonyl (C=O) groups is 1. The Balaban J connectivity index is 1.86. The molecule has 27 heavy (non-hydrogen) atoms. The van der Waals surface area contributed by atoms with E-state index >= 15 is 0 Å². The number of thiophene rings is 1. The van der Waals surface area contributed by atoms with Gasteiger partial charge in [-0.3, -0.25) is 10.1 Å². The van der Waals surface area contributed by atoms with Crippen molar-refractivity contribution in [1.82, 2.24) is 10.6 Å². The Bertz CT molecular complexity index is 797. The number of nitro groups is 1. The van der Waals surface area contributed by atoms with Crippen molar-refractivity contribution in [3.05, 3.63) is 56.3 Å². The second kappa shape index (κ2) is 8.71. The Morgan fingerprint density at radius 1 is 1.30 bits per heavy atom. The molecule has 0 saturated heterocycles. The van der Waals surface area contributed by atoms with E-state index in [0.717, 1.165) is 17.0 Å². The summed E-state index contributed by atoms with van der Waals surface area (Å²) in [5, 5.41) is 20.9. The first-order chi connectivity index (χ1) is 12.7. The molecule has 0 saturated carbocycles. The van der Waals surface area contributed by atoms with Crippen LogP contribution in [0.2, 0.25) is 0 Å². The van der Waals surface area contributed by atoms with Crippen LogP contribution in [0.4, 0.5) is 29.3 Å². The van der Waals surface area contributed by atoms with Crippen molar-refractivity contribution in [2.45, 2.75) is 19.1 Å². The highest BCUT2D eigenvalue weighted by atomic mass is 32.1. The molecule has 0 radical (unpaired) electrons. The maximum absolute atomic E-state index is 12.7. The molecular weight excluding hydrogens is 385 g/mol. The molecule has 2 amide bonds. The van der Waals surface area contributed by atoms with Gasteiger partial charge < -0.3 is 16.0 Å². The Hall–Kier alpha value is -2.82. The number of urea groups is 1. The number of carbonyl (C=O) groups excluding carboxylic acids is 1. The smallest absolute Gasteiger partial charge is 0.378 e. The summed E-state index contributed by atoms with van der Waals surface area (Å²) < 4.78 is 38.0. The molecule has 0 aliphatic carbocycles. The molecule has 0 aliphatic heterocycles. The van der Waals surface area contributed by atoms with Gasteiger partial charge >= 0.3 is 12.2 Å². The lowest BCUT2D eigenvalue weighted by Crippen LogP contribution is -2.39. The normalized spacial score (nSPS) is 12.3. The zero-order chi connectivity index (χ0) is 20.0. The maximum Gasteiger partial charge on any atom is 0.416 e. The van der Waals surface area contributed by atoms with Crippen molar-refractivity contribution in [2.75, 3.05) is 18.4 Å². The summed E-state index contributed by atoms with van der Waals surface area (Å²) in [6, 6.07) is 5.41.